The lowest BCUT2D eigenvalue weighted by molar-refractivity contribution is -0.137. The molecule has 146 valence electrons. The second-order valence-electron chi connectivity index (χ2n) is 6.39. The first-order valence-electron chi connectivity index (χ1n) is 8.83. The SMILES string of the molecule is COc1ccc2nc(-c3ccc(C=Cc4ccccc4C(F)(F)F)cc3)sc2c1. The largest absolute Gasteiger partial charge is 0.497 e. The molecule has 0 aliphatic carbocycles. The van der Waals surface area contributed by atoms with E-state index in [2.05, 4.69) is 4.98 Å². The average molecular weight is 411 g/mol. The highest BCUT2D eigenvalue weighted by molar-refractivity contribution is 7.21. The minimum atomic E-state index is -4.37. The molecule has 4 rings (SSSR count). The second-order valence-corrected chi connectivity index (χ2v) is 7.42. The number of methoxy groups -OCH3 is 1. The van der Waals surface area contributed by atoms with Gasteiger partial charge in [-0.2, -0.15) is 13.2 Å². The molecule has 1 aromatic heterocycles. The van der Waals surface area contributed by atoms with Crippen LogP contribution >= 0.6 is 11.3 Å². The fraction of sp³-hybridized carbons (Fsp3) is 0.0870. The monoisotopic (exact) mass is 411 g/mol. The number of rotatable bonds is 4. The molecule has 1 heterocycles. The van der Waals surface area contributed by atoms with Gasteiger partial charge in [0, 0.05) is 5.56 Å². The van der Waals surface area contributed by atoms with E-state index in [-0.39, 0.29) is 5.56 Å². The molecular weight excluding hydrogens is 395 g/mol. The van der Waals surface area contributed by atoms with Crippen LogP contribution in [-0.2, 0) is 6.18 Å². The molecule has 0 N–H and O–H groups in total. The van der Waals surface area contributed by atoms with Crippen LogP contribution in [0.15, 0.2) is 66.7 Å². The van der Waals surface area contributed by atoms with Crippen LogP contribution in [0.1, 0.15) is 16.7 Å². The van der Waals surface area contributed by atoms with E-state index in [1.807, 2.05) is 42.5 Å². The third kappa shape index (κ3) is 4.17. The molecule has 2 nitrogen and oxygen atoms in total. The van der Waals surface area contributed by atoms with E-state index in [9.17, 15) is 13.2 Å². The number of thiazole rings is 1. The highest BCUT2D eigenvalue weighted by Crippen LogP contribution is 2.34. The molecule has 0 radical (unpaired) electrons. The Labute approximate surface area is 169 Å². The predicted molar refractivity (Wildman–Crippen MR) is 112 cm³/mol. The fourth-order valence-electron chi connectivity index (χ4n) is 2.98. The third-order valence-corrected chi connectivity index (χ3v) is 5.54. The van der Waals surface area contributed by atoms with E-state index >= 15 is 0 Å². The van der Waals surface area contributed by atoms with Crippen molar-refractivity contribution < 1.29 is 17.9 Å². The summed E-state index contributed by atoms with van der Waals surface area (Å²) in [6, 6.07) is 18.9. The summed E-state index contributed by atoms with van der Waals surface area (Å²) in [6.45, 7) is 0. The summed E-state index contributed by atoms with van der Waals surface area (Å²) in [7, 11) is 1.63. The highest BCUT2D eigenvalue weighted by atomic mass is 32.1. The van der Waals surface area contributed by atoms with Gasteiger partial charge in [-0.25, -0.2) is 4.98 Å². The van der Waals surface area contributed by atoms with Crippen molar-refractivity contribution in [1.29, 1.82) is 0 Å². The third-order valence-electron chi connectivity index (χ3n) is 4.47. The predicted octanol–water partition coefficient (Wildman–Crippen LogP) is 7.16. The first-order valence-corrected chi connectivity index (χ1v) is 9.65. The molecular formula is C23H16F3NOS. The molecule has 4 aromatic rings. The average Bonchev–Trinajstić information content (AvgIpc) is 3.15. The van der Waals surface area contributed by atoms with Gasteiger partial charge in [0.1, 0.15) is 10.8 Å². The van der Waals surface area contributed by atoms with Gasteiger partial charge >= 0.3 is 6.18 Å². The van der Waals surface area contributed by atoms with E-state index < -0.39 is 11.7 Å². The van der Waals surface area contributed by atoms with Gasteiger partial charge in [0.15, 0.2) is 0 Å². The van der Waals surface area contributed by atoms with E-state index in [4.69, 9.17) is 4.74 Å². The fourth-order valence-corrected chi connectivity index (χ4v) is 3.98. The maximum atomic E-state index is 13.1. The van der Waals surface area contributed by atoms with Gasteiger partial charge in [-0.1, -0.05) is 54.6 Å². The number of ether oxygens (including phenoxy) is 1. The summed E-state index contributed by atoms with van der Waals surface area (Å²) in [6.07, 6.45) is -1.21. The summed E-state index contributed by atoms with van der Waals surface area (Å²) < 4.78 is 45.6. The Kier molecular flexibility index (Phi) is 5.11. The van der Waals surface area contributed by atoms with Gasteiger partial charge in [-0.3, -0.25) is 0 Å². The van der Waals surface area contributed by atoms with Crippen molar-refractivity contribution in [3.63, 3.8) is 0 Å². The first kappa shape index (κ1) is 19.2. The van der Waals surface area contributed by atoms with Gasteiger partial charge < -0.3 is 4.74 Å². The Bertz CT molecular complexity index is 1180. The first-order chi connectivity index (χ1) is 13.9. The van der Waals surface area contributed by atoms with Crippen LogP contribution < -0.4 is 4.74 Å². The lowest BCUT2D eigenvalue weighted by atomic mass is 10.0. The van der Waals surface area contributed by atoms with Gasteiger partial charge in [0.25, 0.3) is 0 Å². The standard InChI is InChI=1S/C23H16F3NOS/c1-28-18-12-13-20-21(14-18)29-22(27-20)17-10-7-15(8-11-17)6-9-16-4-2-3-5-19(16)23(24,25)26/h2-14H,1H3. The molecule has 0 unspecified atom stereocenters. The lowest BCUT2D eigenvalue weighted by Crippen LogP contribution is -2.06. The van der Waals surface area contributed by atoms with Crippen LogP contribution in [0.5, 0.6) is 5.75 Å². The van der Waals surface area contributed by atoms with Gasteiger partial charge in [0.2, 0.25) is 0 Å². The number of alkyl halides is 3. The van der Waals surface area contributed by atoms with Crippen molar-refractivity contribution in [1.82, 2.24) is 4.98 Å². The lowest BCUT2D eigenvalue weighted by Gasteiger charge is -2.09. The van der Waals surface area contributed by atoms with Crippen molar-refractivity contribution in [2.24, 2.45) is 0 Å². The van der Waals surface area contributed by atoms with Gasteiger partial charge in [-0.15, -0.1) is 11.3 Å². The van der Waals surface area contributed by atoms with Crippen molar-refractivity contribution >= 4 is 33.7 Å². The molecule has 6 heteroatoms. The Morgan fingerprint density at radius 1 is 0.931 bits per heavy atom. The number of hydrogen-bond acceptors (Lipinski definition) is 3. The molecule has 0 fully saturated rings. The zero-order valence-corrected chi connectivity index (χ0v) is 16.2. The summed E-state index contributed by atoms with van der Waals surface area (Å²) in [4.78, 5) is 4.64. The maximum Gasteiger partial charge on any atom is 0.416 e. The minimum Gasteiger partial charge on any atom is -0.497 e. The second kappa shape index (κ2) is 7.72. The summed E-state index contributed by atoms with van der Waals surface area (Å²) in [5.41, 5.74) is 2.17. The maximum absolute atomic E-state index is 13.1. The van der Waals surface area contributed by atoms with Crippen LogP contribution in [0.3, 0.4) is 0 Å². The molecule has 3 aromatic carbocycles. The number of nitrogens with zero attached hydrogens (tertiary/aromatic N) is 1. The molecule has 0 amide bonds. The number of aromatic nitrogens is 1. The van der Waals surface area contributed by atoms with E-state index in [0.717, 1.165) is 38.2 Å². The summed E-state index contributed by atoms with van der Waals surface area (Å²) >= 11 is 1.57. The molecule has 0 bridgehead atoms. The molecule has 0 atom stereocenters. The zero-order chi connectivity index (χ0) is 20.4. The number of halogens is 3. The van der Waals surface area contributed by atoms with Gasteiger partial charge in [0.05, 0.1) is 22.9 Å². The van der Waals surface area contributed by atoms with E-state index in [1.165, 1.54) is 18.2 Å². The van der Waals surface area contributed by atoms with Crippen LogP contribution in [0.25, 0.3) is 32.9 Å². The van der Waals surface area contributed by atoms with Crippen LogP contribution in [-0.4, -0.2) is 12.1 Å². The Morgan fingerprint density at radius 3 is 2.41 bits per heavy atom. The van der Waals surface area contributed by atoms with Crippen molar-refractivity contribution in [3.05, 3.63) is 83.4 Å². The summed E-state index contributed by atoms with van der Waals surface area (Å²) in [5.74, 6) is 0.785. The van der Waals surface area contributed by atoms with Crippen molar-refractivity contribution in [3.8, 4) is 16.3 Å². The summed E-state index contributed by atoms with van der Waals surface area (Å²) in [5, 5.41) is 0.881. The number of hydrogen-bond donors (Lipinski definition) is 0. The smallest absolute Gasteiger partial charge is 0.416 e. The molecule has 0 aliphatic rings. The van der Waals surface area contributed by atoms with Crippen LogP contribution in [0, 0.1) is 0 Å². The molecule has 29 heavy (non-hydrogen) atoms. The molecule has 0 saturated carbocycles. The Morgan fingerprint density at radius 2 is 1.69 bits per heavy atom. The molecule has 0 spiro atoms. The van der Waals surface area contributed by atoms with Crippen LogP contribution in [0.4, 0.5) is 13.2 Å². The van der Waals surface area contributed by atoms with Gasteiger partial charge in [-0.05, 0) is 35.4 Å². The number of fused-ring (bicyclic) bond motifs is 1. The van der Waals surface area contributed by atoms with Crippen LogP contribution in [0.2, 0.25) is 0 Å². The number of benzene rings is 3. The Hall–Kier alpha value is -3.12. The minimum absolute atomic E-state index is 0.143. The van der Waals surface area contributed by atoms with E-state index in [1.54, 1.807) is 30.6 Å². The normalized spacial score (nSPS) is 12.0. The topological polar surface area (TPSA) is 22.1 Å². The zero-order valence-electron chi connectivity index (χ0n) is 15.4. The van der Waals surface area contributed by atoms with E-state index in [0.29, 0.717) is 0 Å². The van der Waals surface area contributed by atoms with Crippen molar-refractivity contribution in [2.75, 3.05) is 7.11 Å². The molecule has 0 saturated heterocycles. The molecule has 0 aliphatic heterocycles. The Balaban J connectivity index is 1.58. The highest BCUT2D eigenvalue weighted by Gasteiger charge is 2.32. The quantitative estimate of drug-likeness (QED) is 0.332. The van der Waals surface area contributed by atoms with Crippen molar-refractivity contribution in [2.45, 2.75) is 6.18 Å².